The van der Waals surface area contributed by atoms with Crippen LogP contribution < -0.4 is 4.74 Å². The topological polar surface area (TPSA) is 27.1 Å². The first kappa shape index (κ1) is 16.5. The molecule has 0 saturated heterocycles. The highest BCUT2D eigenvalue weighted by Crippen LogP contribution is 2.33. The Morgan fingerprint density at radius 1 is 1.29 bits per heavy atom. The number of hydrogen-bond donors (Lipinski definition) is 0. The second-order valence-electron chi connectivity index (χ2n) is 5.67. The quantitative estimate of drug-likeness (QED) is 0.469. The van der Waals surface area contributed by atoms with Gasteiger partial charge in [-0.1, -0.05) is 29.8 Å². The Balaban J connectivity index is 2.04. The predicted octanol–water partition coefficient (Wildman–Crippen LogP) is 5.21. The van der Waals surface area contributed by atoms with E-state index in [2.05, 4.69) is 30.0 Å². The molecule has 3 rings (SSSR count). The summed E-state index contributed by atoms with van der Waals surface area (Å²) in [6.07, 6.45) is 1.84. The summed E-state index contributed by atoms with van der Waals surface area (Å²) in [4.78, 5) is 4.35. The highest BCUT2D eigenvalue weighted by Gasteiger charge is 2.17. The molecule has 0 fully saturated rings. The second kappa shape index (κ2) is 6.65. The van der Waals surface area contributed by atoms with Crippen LogP contribution in [-0.2, 0) is 13.2 Å². The zero-order chi connectivity index (χ0) is 17.3. The number of aromatic nitrogens is 2. The molecule has 2 aromatic heterocycles. The van der Waals surface area contributed by atoms with Crippen molar-refractivity contribution in [2.24, 2.45) is 0 Å². The van der Waals surface area contributed by atoms with E-state index < -0.39 is 0 Å². The van der Waals surface area contributed by atoms with E-state index in [1.807, 2.05) is 12.1 Å². The largest absolute Gasteiger partial charge is 0.471 e. The number of aryl methyl sites for hydroxylation is 1. The SMILES string of the molecule is C=CCn1c(C)c(C)c2cc(Cl)nc(OCc3ccc(F)cc3)c21. The molecule has 3 nitrogen and oxygen atoms in total. The van der Waals surface area contributed by atoms with Gasteiger partial charge in [0.2, 0.25) is 5.88 Å². The number of nitrogens with zero attached hydrogens (tertiary/aromatic N) is 2. The predicted molar refractivity (Wildman–Crippen MR) is 95.1 cm³/mol. The molecule has 0 aliphatic heterocycles. The zero-order valence-corrected chi connectivity index (χ0v) is 14.4. The fraction of sp³-hybridized carbons (Fsp3) is 0.211. The number of hydrogen-bond acceptors (Lipinski definition) is 2. The number of pyridine rings is 1. The van der Waals surface area contributed by atoms with Crippen LogP contribution in [0.4, 0.5) is 4.39 Å². The molecule has 3 aromatic rings. The number of fused-ring (bicyclic) bond motifs is 1. The maximum absolute atomic E-state index is 13.0. The van der Waals surface area contributed by atoms with Crippen LogP contribution in [0.5, 0.6) is 5.88 Å². The molecule has 24 heavy (non-hydrogen) atoms. The number of rotatable bonds is 5. The van der Waals surface area contributed by atoms with Crippen molar-refractivity contribution in [1.29, 1.82) is 0 Å². The van der Waals surface area contributed by atoms with Crippen molar-refractivity contribution in [2.45, 2.75) is 27.0 Å². The van der Waals surface area contributed by atoms with Gasteiger partial charge in [0.1, 0.15) is 23.1 Å². The highest BCUT2D eigenvalue weighted by atomic mass is 35.5. The van der Waals surface area contributed by atoms with Crippen molar-refractivity contribution in [3.05, 3.63) is 70.8 Å². The van der Waals surface area contributed by atoms with Crippen LogP contribution in [0.25, 0.3) is 10.9 Å². The molecule has 5 heteroatoms. The summed E-state index contributed by atoms with van der Waals surface area (Å²) in [5.74, 6) is 0.202. The van der Waals surface area contributed by atoms with E-state index in [0.717, 1.165) is 27.7 Å². The molecular formula is C19H18ClFN2O. The summed E-state index contributed by atoms with van der Waals surface area (Å²) in [5.41, 5.74) is 4.03. The van der Waals surface area contributed by atoms with Gasteiger partial charge in [-0.15, -0.1) is 6.58 Å². The Hall–Kier alpha value is -2.33. The fourth-order valence-corrected chi connectivity index (χ4v) is 2.97. The number of allylic oxidation sites excluding steroid dienone is 1. The normalized spacial score (nSPS) is 11.0. The standard InChI is InChI=1S/C19H18ClFN2O/c1-4-9-23-13(3)12(2)16-10-17(20)22-19(18(16)23)24-11-14-5-7-15(21)8-6-14/h4-8,10H,1,9,11H2,2-3H3. The Kier molecular flexibility index (Phi) is 4.58. The van der Waals surface area contributed by atoms with E-state index >= 15 is 0 Å². The van der Waals surface area contributed by atoms with Crippen molar-refractivity contribution in [2.75, 3.05) is 0 Å². The van der Waals surface area contributed by atoms with Crippen LogP contribution in [0.1, 0.15) is 16.8 Å². The molecule has 0 atom stereocenters. The summed E-state index contributed by atoms with van der Waals surface area (Å²) in [7, 11) is 0. The summed E-state index contributed by atoms with van der Waals surface area (Å²) in [6.45, 7) is 8.87. The zero-order valence-electron chi connectivity index (χ0n) is 13.6. The van der Waals surface area contributed by atoms with Crippen LogP contribution in [0.3, 0.4) is 0 Å². The minimum atomic E-state index is -0.270. The smallest absolute Gasteiger partial charge is 0.240 e. The van der Waals surface area contributed by atoms with Crippen LogP contribution in [0.2, 0.25) is 5.15 Å². The van der Waals surface area contributed by atoms with Crippen molar-refractivity contribution < 1.29 is 9.13 Å². The van der Waals surface area contributed by atoms with Crippen molar-refractivity contribution in [1.82, 2.24) is 9.55 Å². The molecule has 1 aromatic carbocycles. The second-order valence-corrected chi connectivity index (χ2v) is 6.06. The maximum Gasteiger partial charge on any atom is 0.240 e. The number of halogens is 2. The molecule has 0 spiro atoms. The average Bonchev–Trinajstić information content (AvgIpc) is 2.80. The third-order valence-corrected chi connectivity index (χ3v) is 4.35. The monoisotopic (exact) mass is 344 g/mol. The molecule has 124 valence electrons. The molecule has 2 heterocycles. The van der Waals surface area contributed by atoms with Gasteiger partial charge in [-0.25, -0.2) is 4.39 Å². The van der Waals surface area contributed by atoms with Crippen LogP contribution in [-0.4, -0.2) is 9.55 Å². The molecule has 0 radical (unpaired) electrons. The van der Waals surface area contributed by atoms with Gasteiger partial charge in [0.15, 0.2) is 0 Å². The summed E-state index contributed by atoms with van der Waals surface area (Å²) < 4.78 is 21.0. The van der Waals surface area contributed by atoms with Gasteiger partial charge in [-0.05, 0) is 43.2 Å². The van der Waals surface area contributed by atoms with E-state index in [9.17, 15) is 4.39 Å². The Morgan fingerprint density at radius 3 is 2.67 bits per heavy atom. The van der Waals surface area contributed by atoms with Gasteiger partial charge in [-0.2, -0.15) is 4.98 Å². The highest BCUT2D eigenvalue weighted by molar-refractivity contribution is 6.30. The van der Waals surface area contributed by atoms with Crippen LogP contribution in [0, 0.1) is 19.7 Å². The average molecular weight is 345 g/mol. The van der Waals surface area contributed by atoms with Gasteiger partial charge in [-0.3, -0.25) is 0 Å². The third-order valence-electron chi connectivity index (χ3n) is 4.15. The van der Waals surface area contributed by atoms with E-state index in [4.69, 9.17) is 16.3 Å². The van der Waals surface area contributed by atoms with E-state index in [-0.39, 0.29) is 5.82 Å². The number of benzene rings is 1. The molecule has 0 N–H and O–H groups in total. The first-order valence-electron chi connectivity index (χ1n) is 7.65. The fourth-order valence-electron chi connectivity index (χ4n) is 2.79. The van der Waals surface area contributed by atoms with E-state index in [1.54, 1.807) is 12.1 Å². The van der Waals surface area contributed by atoms with Crippen molar-refractivity contribution in [3.63, 3.8) is 0 Å². The molecular weight excluding hydrogens is 327 g/mol. The first-order valence-corrected chi connectivity index (χ1v) is 8.03. The Morgan fingerprint density at radius 2 is 2.00 bits per heavy atom. The lowest BCUT2D eigenvalue weighted by atomic mass is 10.2. The molecule has 0 aliphatic carbocycles. The van der Waals surface area contributed by atoms with Crippen LogP contribution >= 0.6 is 11.6 Å². The summed E-state index contributed by atoms with van der Waals surface area (Å²) >= 11 is 6.17. The van der Waals surface area contributed by atoms with Crippen molar-refractivity contribution >= 4 is 22.5 Å². The van der Waals surface area contributed by atoms with Gasteiger partial charge >= 0.3 is 0 Å². The van der Waals surface area contributed by atoms with E-state index in [1.165, 1.54) is 12.1 Å². The molecule has 0 amide bonds. The minimum absolute atomic E-state index is 0.270. The Labute approximate surface area is 145 Å². The molecule has 0 unspecified atom stereocenters. The van der Waals surface area contributed by atoms with Gasteiger partial charge in [0.25, 0.3) is 0 Å². The molecule has 0 saturated carbocycles. The van der Waals surface area contributed by atoms with E-state index in [0.29, 0.717) is 24.2 Å². The minimum Gasteiger partial charge on any atom is -0.471 e. The van der Waals surface area contributed by atoms with Gasteiger partial charge < -0.3 is 9.30 Å². The first-order chi connectivity index (χ1) is 11.5. The lowest BCUT2D eigenvalue weighted by Crippen LogP contribution is -2.03. The third kappa shape index (κ3) is 3.02. The lowest BCUT2D eigenvalue weighted by molar-refractivity contribution is 0.296. The maximum atomic E-state index is 13.0. The molecule has 0 aliphatic rings. The van der Waals surface area contributed by atoms with Gasteiger partial charge in [0.05, 0.1) is 0 Å². The van der Waals surface area contributed by atoms with Crippen molar-refractivity contribution in [3.8, 4) is 5.88 Å². The lowest BCUT2D eigenvalue weighted by Gasteiger charge is -2.11. The molecule has 0 bridgehead atoms. The number of ether oxygens (including phenoxy) is 1. The Bertz CT molecular complexity index is 900. The summed E-state index contributed by atoms with van der Waals surface area (Å²) in [5, 5.41) is 1.40. The van der Waals surface area contributed by atoms with Gasteiger partial charge in [0, 0.05) is 17.6 Å². The summed E-state index contributed by atoms with van der Waals surface area (Å²) in [6, 6.07) is 8.05. The van der Waals surface area contributed by atoms with Crippen LogP contribution in [0.15, 0.2) is 43.0 Å².